The molecule has 3 rings (SSSR count). The van der Waals surface area contributed by atoms with Crippen molar-refractivity contribution in [3.63, 3.8) is 0 Å². The summed E-state index contributed by atoms with van der Waals surface area (Å²) < 4.78 is 5.44. The molecule has 1 heterocycles. The highest BCUT2D eigenvalue weighted by Crippen LogP contribution is 2.56. The first-order valence-electron chi connectivity index (χ1n) is 8.06. The lowest BCUT2D eigenvalue weighted by Crippen LogP contribution is -2.58. The van der Waals surface area contributed by atoms with Crippen molar-refractivity contribution in [3.05, 3.63) is 29.8 Å². The predicted molar refractivity (Wildman–Crippen MR) is 88.0 cm³/mol. The van der Waals surface area contributed by atoms with Crippen LogP contribution in [0.1, 0.15) is 38.2 Å². The largest absolute Gasteiger partial charge is 0.497 e. The molecule has 2 aliphatic rings. The number of oxime groups is 1. The number of rotatable bonds is 2. The second-order valence-electron chi connectivity index (χ2n) is 7.21. The van der Waals surface area contributed by atoms with Gasteiger partial charge in [-0.05, 0) is 62.4 Å². The van der Waals surface area contributed by atoms with E-state index in [0.29, 0.717) is 0 Å². The summed E-state index contributed by atoms with van der Waals surface area (Å²) in [6.45, 7) is 4.56. The minimum atomic E-state index is 0.0356. The summed E-state index contributed by atoms with van der Waals surface area (Å²) in [6.07, 6.45) is 3.90. The van der Waals surface area contributed by atoms with Crippen LogP contribution in [0.4, 0.5) is 0 Å². The minimum absolute atomic E-state index is 0.0356. The molecule has 0 amide bonds. The predicted octanol–water partition coefficient (Wildman–Crippen LogP) is 3.29. The van der Waals surface area contributed by atoms with E-state index < -0.39 is 0 Å². The van der Waals surface area contributed by atoms with Gasteiger partial charge in [-0.1, -0.05) is 24.2 Å². The van der Waals surface area contributed by atoms with Crippen LogP contribution in [0.3, 0.4) is 0 Å². The van der Waals surface area contributed by atoms with E-state index in [4.69, 9.17) is 4.74 Å². The summed E-state index contributed by atoms with van der Waals surface area (Å²) in [4.78, 5) is 2.43. The Bertz CT molecular complexity index is 586. The van der Waals surface area contributed by atoms with E-state index in [2.05, 4.69) is 42.2 Å². The van der Waals surface area contributed by atoms with Crippen molar-refractivity contribution < 1.29 is 9.94 Å². The van der Waals surface area contributed by atoms with Crippen molar-refractivity contribution in [2.24, 2.45) is 10.6 Å². The number of methoxy groups -OCH3 is 1. The number of nitrogens with zero attached hydrogens (tertiary/aromatic N) is 2. The fraction of sp³-hybridized carbons (Fsp3) is 0.611. The molecule has 0 aromatic heterocycles. The lowest BCUT2D eigenvalue weighted by molar-refractivity contribution is 0.0125. The fourth-order valence-corrected chi connectivity index (χ4v) is 4.59. The van der Waals surface area contributed by atoms with E-state index in [-0.39, 0.29) is 10.8 Å². The van der Waals surface area contributed by atoms with Crippen LogP contribution in [0.5, 0.6) is 5.75 Å². The van der Waals surface area contributed by atoms with Gasteiger partial charge in [0.25, 0.3) is 0 Å². The molecule has 1 aromatic rings. The molecule has 4 nitrogen and oxygen atoms in total. The third kappa shape index (κ3) is 2.30. The molecule has 1 aromatic carbocycles. The van der Waals surface area contributed by atoms with Gasteiger partial charge in [-0.2, -0.15) is 0 Å². The highest BCUT2D eigenvalue weighted by molar-refractivity contribution is 5.86. The van der Waals surface area contributed by atoms with Gasteiger partial charge in [0.2, 0.25) is 0 Å². The number of hydrogen-bond acceptors (Lipinski definition) is 4. The molecule has 0 spiro atoms. The van der Waals surface area contributed by atoms with Crippen molar-refractivity contribution >= 4 is 5.71 Å². The molecule has 1 N–H and O–H groups in total. The summed E-state index contributed by atoms with van der Waals surface area (Å²) in [5.74, 6) is 0.904. The molecule has 2 atom stereocenters. The Morgan fingerprint density at radius 1 is 1.32 bits per heavy atom. The molecule has 1 aliphatic carbocycles. The Labute approximate surface area is 132 Å². The second-order valence-corrected chi connectivity index (χ2v) is 7.21. The Balaban J connectivity index is 2.10. The normalized spacial score (nSPS) is 34.4. The van der Waals surface area contributed by atoms with Gasteiger partial charge in [-0.3, -0.25) is 0 Å². The highest BCUT2D eigenvalue weighted by atomic mass is 16.5. The van der Waals surface area contributed by atoms with Crippen molar-refractivity contribution in [2.45, 2.75) is 38.0 Å². The van der Waals surface area contributed by atoms with E-state index in [1.54, 1.807) is 7.11 Å². The van der Waals surface area contributed by atoms with Gasteiger partial charge >= 0.3 is 0 Å². The van der Waals surface area contributed by atoms with E-state index in [1.807, 2.05) is 6.07 Å². The van der Waals surface area contributed by atoms with Crippen molar-refractivity contribution in [2.75, 3.05) is 27.2 Å². The zero-order valence-electron chi connectivity index (χ0n) is 13.8. The van der Waals surface area contributed by atoms with Crippen molar-refractivity contribution in [1.82, 2.24) is 4.90 Å². The molecule has 22 heavy (non-hydrogen) atoms. The van der Waals surface area contributed by atoms with Crippen LogP contribution in [0.2, 0.25) is 0 Å². The average molecular weight is 302 g/mol. The molecule has 1 saturated heterocycles. The van der Waals surface area contributed by atoms with E-state index in [9.17, 15) is 5.21 Å². The maximum atomic E-state index is 9.33. The molecular formula is C18H26N2O2. The lowest BCUT2D eigenvalue weighted by Gasteiger charge is -2.57. The molecule has 4 heteroatoms. The molecule has 120 valence electrons. The quantitative estimate of drug-likeness (QED) is 0.673. The number of fused-ring (bicyclic) bond motifs is 1. The Morgan fingerprint density at radius 3 is 2.86 bits per heavy atom. The van der Waals surface area contributed by atoms with E-state index >= 15 is 0 Å². The van der Waals surface area contributed by atoms with Crippen LogP contribution in [-0.2, 0) is 5.41 Å². The minimum Gasteiger partial charge on any atom is -0.497 e. The van der Waals surface area contributed by atoms with Crippen LogP contribution in [0.15, 0.2) is 29.4 Å². The molecule has 2 unspecified atom stereocenters. The Morgan fingerprint density at radius 2 is 2.14 bits per heavy atom. The lowest BCUT2D eigenvalue weighted by atomic mass is 9.50. The summed E-state index contributed by atoms with van der Waals surface area (Å²) >= 11 is 0. The first-order chi connectivity index (χ1) is 10.5. The third-order valence-electron chi connectivity index (χ3n) is 5.93. The zero-order chi connectivity index (χ0) is 15.8. The zero-order valence-corrected chi connectivity index (χ0v) is 13.8. The topological polar surface area (TPSA) is 45.1 Å². The Hall–Kier alpha value is -1.55. The van der Waals surface area contributed by atoms with Crippen molar-refractivity contribution in [1.29, 1.82) is 0 Å². The van der Waals surface area contributed by atoms with Gasteiger partial charge in [0.1, 0.15) is 5.75 Å². The van der Waals surface area contributed by atoms with Crippen LogP contribution in [0.25, 0.3) is 0 Å². The highest BCUT2D eigenvalue weighted by Gasteiger charge is 2.54. The molecule has 2 fully saturated rings. The Kier molecular flexibility index (Phi) is 3.89. The number of piperidine rings is 1. The van der Waals surface area contributed by atoms with Gasteiger partial charge in [-0.15, -0.1) is 0 Å². The van der Waals surface area contributed by atoms with Crippen LogP contribution < -0.4 is 4.74 Å². The molecular weight excluding hydrogens is 276 g/mol. The van der Waals surface area contributed by atoms with Crippen LogP contribution in [-0.4, -0.2) is 43.1 Å². The maximum absolute atomic E-state index is 9.33. The van der Waals surface area contributed by atoms with E-state index in [1.165, 1.54) is 5.56 Å². The SMILES string of the molecule is COc1cccc(C23CCN(C)CC2(C)CCC(=NO)C3)c1. The van der Waals surface area contributed by atoms with Gasteiger partial charge in [-0.25, -0.2) is 0 Å². The van der Waals surface area contributed by atoms with Crippen LogP contribution in [0, 0.1) is 5.41 Å². The summed E-state index contributed by atoms with van der Waals surface area (Å²) in [6, 6.07) is 8.46. The van der Waals surface area contributed by atoms with Crippen molar-refractivity contribution in [3.8, 4) is 5.75 Å². The van der Waals surface area contributed by atoms with Crippen LogP contribution >= 0.6 is 0 Å². The van der Waals surface area contributed by atoms with E-state index in [0.717, 1.165) is 50.2 Å². The molecule has 0 bridgehead atoms. The standard InChI is InChI=1S/C18H26N2O2/c1-17-8-7-15(19-21)12-18(17,9-10-20(2)13-17)14-5-4-6-16(11-14)22-3/h4-6,11,21H,7-10,12-13H2,1-3H3. The van der Waals surface area contributed by atoms with Gasteiger partial charge in [0.15, 0.2) is 0 Å². The fourth-order valence-electron chi connectivity index (χ4n) is 4.59. The van der Waals surface area contributed by atoms with Gasteiger partial charge in [0, 0.05) is 12.0 Å². The number of hydrogen-bond donors (Lipinski definition) is 1. The maximum Gasteiger partial charge on any atom is 0.119 e. The smallest absolute Gasteiger partial charge is 0.119 e. The monoisotopic (exact) mass is 302 g/mol. The first kappa shape index (κ1) is 15.3. The summed E-state index contributed by atoms with van der Waals surface area (Å²) in [7, 11) is 3.92. The summed E-state index contributed by atoms with van der Waals surface area (Å²) in [5, 5.41) is 12.9. The second kappa shape index (κ2) is 5.58. The summed E-state index contributed by atoms with van der Waals surface area (Å²) in [5.41, 5.74) is 2.49. The third-order valence-corrected chi connectivity index (χ3v) is 5.93. The molecule has 0 radical (unpaired) electrons. The number of ether oxygens (including phenoxy) is 1. The number of benzene rings is 1. The van der Waals surface area contributed by atoms with Gasteiger partial charge in [0.05, 0.1) is 12.8 Å². The number of likely N-dealkylation sites (tertiary alicyclic amines) is 1. The molecule has 1 aliphatic heterocycles. The first-order valence-corrected chi connectivity index (χ1v) is 8.06. The van der Waals surface area contributed by atoms with Gasteiger partial charge < -0.3 is 14.8 Å². The molecule has 1 saturated carbocycles. The average Bonchev–Trinajstić information content (AvgIpc) is 2.54.